The second kappa shape index (κ2) is 10.4. The first-order chi connectivity index (χ1) is 14.6. The van der Waals surface area contributed by atoms with Gasteiger partial charge in [-0.2, -0.15) is 0 Å². The summed E-state index contributed by atoms with van der Waals surface area (Å²) in [4.78, 5) is 27.1. The van der Waals surface area contributed by atoms with Gasteiger partial charge in [-0.05, 0) is 56.5 Å². The molecule has 1 aliphatic rings. The third-order valence-electron chi connectivity index (χ3n) is 6.39. The lowest BCUT2D eigenvalue weighted by Crippen LogP contribution is -3.12. The van der Waals surface area contributed by atoms with Gasteiger partial charge in [0.25, 0.3) is 5.91 Å². The zero-order chi connectivity index (χ0) is 21.4. The summed E-state index contributed by atoms with van der Waals surface area (Å²) in [5, 5.41) is 6.07. The smallest absolute Gasteiger partial charge is 0.251 e. The summed E-state index contributed by atoms with van der Waals surface area (Å²) in [5.41, 5.74) is 1.98. The van der Waals surface area contributed by atoms with Crippen LogP contribution >= 0.6 is 0 Å². The Balaban J connectivity index is 1.61. The zero-order valence-corrected chi connectivity index (χ0v) is 18.2. The first-order valence-electron chi connectivity index (χ1n) is 11.2. The molecule has 1 fully saturated rings. The van der Waals surface area contributed by atoms with Crippen LogP contribution < -0.4 is 15.5 Å². The van der Waals surface area contributed by atoms with Crippen molar-refractivity contribution in [2.24, 2.45) is 0 Å². The van der Waals surface area contributed by atoms with E-state index in [9.17, 15) is 9.59 Å². The average Bonchev–Trinajstić information content (AvgIpc) is 3.29. The van der Waals surface area contributed by atoms with Gasteiger partial charge < -0.3 is 15.5 Å². The second-order valence-electron chi connectivity index (χ2n) is 8.15. The third-order valence-corrected chi connectivity index (χ3v) is 6.39. The molecule has 0 aromatic heterocycles. The molecule has 30 heavy (non-hydrogen) atoms. The SMILES string of the molecule is CC[NH+](CC)CCNC(=O)c1ccc(NC(=O)C2(c3ccccc3)CCCC2)cc1. The van der Waals surface area contributed by atoms with Gasteiger partial charge in [-0.15, -0.1) is 0 Å². The number of nitrogens with one attached hydrogen (secondary N) is 3. The summed E-state index contributed by atoms with van der Waals surface area (Å²) in [5.74, 6) is -0.0263. The first kappa shape index (κ1) is 22.0. The van der Waals surface area contributed by atoms with Crippen LogP contribution in [0.5, 0.6) is 0 Å². The van der Waals surface area contributed by atoms with Crippen molar-refractivity contribution in [3.05, 3.63) is 65.7 Å². The zero-order valence-electron chi connectivity index (χ0n) is 18.2. The van der Waals surface area contributed by atoms with E-state index in [2.05, 4.69) is 36.6 Å². The first-order valence-corrected chi connectivity index (χ1v) is 11.2. The number of rotatable bonds is 9. The van der Waals surface area contributed by atoms with Crippen molar-refractivity contribution in [1.29, 1.82) is 0 Å². The predicted octanol–water partition coefficient (Wildman–Crippen LogP) is 2.79. The van der Waals surface area contributed by atoms with Gasteiger partial charge in [-0.3, -0.25) is 9.59 Å². The number of carbonyl (C=O) groups excluding carboxylic acids is 2. The second-order valence-corrected chi connectivity index (χ2v) is 8.15. The van der Waals surface area contributed by atoms with Crippen molar-refractivity contribution in [3.63, 3.8) is 0 Å². The third kappa shape index (κ3) is 5.08. The van der Waals surface area contributed by atoms with E-state index in [0.717, 1.165) is 56.6 Å². The van der Waals surface area contributed by atoms with Gasteiger partial charge in [-0.1, -0.05) is 43.2 Å². The van der Waals surface area contributed by atoms with Crippen LogP contribution in [0.15, 0.2) is 54.6 Å². The van der Waals surface area contributed by atoms with Crippen LogP contribution in [0.2, 0.25) is 0 Å². The van der Waals surface area contributed by atoms with Gasteiger partial charge in [0.2, 0.25) is 5.91 Å². The summed E-state index contributed by atoms with van der Waals surface area (Å²) in [6.45, 7) is 8.02. The highest BCUT2D eigenvalue weighted by atomic mass is 16.2. The largest absolute Gasteiger partial charge is 0.346 e. The predicted molar refractivity (Wildman–Crippen MR) is 121 cm³/mol. The van der Waals surface area contributed by atoms with Crippen LogP contribution in [0, 0.1) is 0 Å². The maximum absolute atomic E-state index is 13.2. The van der Waals surface area contributed by atoms with Gasteiger partial charge in [0, 0.05) is 11.3 Å². The lowest BCUT2D eigenvalue weighted by molar-refractivity contribution is -0.895. The molecule has 1 aliphatic carbocycles. The van der Waals surface area contributed by atoms with Crippen molar-refractivity contribution in [2.75, 3.05) is 31.5 Å². The molecule has 0 atom stereocenters. The van der Waals surface area contributed by atoms with Gasteiger partial charge in [0.1, 0.15) is 0 Å². The molecule has 5 nitrogen and oxygen atoms in total. The van der Waals surface area contributed by atoms with Gasteiger partial charge in [0.05, 0.1) is 31.6 Å². The van der Waals surface area contributed by atoms with Crippen molar-refractivity contribution in [3.8, 4) is 0 Å². The van der Waals surface area contributed by atoms with Crippen LogP contribution in [0.3, 0.4) is 0 Å². The maximum Gasteiger partial charge on any atom is 0.251 e. The van der Waals surface area contributed by atoms with Gasteiger partial charge >= 0.3 is 0 Å². The van der Waals surface area contributed by atoms with E-state index >= 15 is 0 Å². The van der Waals surface area contributed by atoms with Gasteiger partial charge in [-0.25, -0.2) is 0 Å². The number of quaternary nitrogens is 1. The summed E-state index contributed by atoms with van der Waals surface area (Å²) < 4.78 is 0. The van der Waals surface area contributed by atoms with Crippen LogP contribution in [-0.4, -0.2) is 38.0 Å². The van der Waals surface area contributed by atoms with Crippen LogP contribution in [0.1, 0.15) is 55.5 Å². The highest BCUT2D eigenvalue weighted by molar-refractivity contribution is 6.00. The number of anilines is 1. The van der Waals surface area contributed by atoms with E-state index in [4.69, 9.17) is 0 Å². The molecule has 0 unspecified atom stereocenters. The van der Waals surface area contributed by atoms with Crippen molar-refractivity contribution >= 4 is 17.5 Å². The molecular weight excluding hydrogens is 374 g/mol. The fourth-order valence-corrected chi connectivity index (χ4v) is 4.40. The van der Waals surface area contributed by atoms with Crippen molar-refractivity contribution < 1.29 is 14.5 Å². The minimum Gasteiger partial charge on any atom is -0.346 e. The average molecular weight is 409 g/mol. The molecular formula is C25H34N3O2+. The molecule has 1 saturated carbocycles. The normalized spacial score (nSPS) is 15.2. The highest BCUT2D eigenvalue weighted by Gasteiger charge is 2.42. The summed E-state index contributed by atoms with van der Waals surface area (Å²) >= 11 is 0. The molecule has 5 heteroatoms. The number of amides is 2. The molecule has 2 amide bonds. The number of likely N-dealkylation sites (N-methyl/N-ethyl adjacent to an activating group) is 1. The molecule has 2 aromatic rings. The summed E-state index contributed by atoms with van der Waals surface area (Å²) in [7, 11) is 0. The Labute approximate surface area is 179 Å². The molecule has 0 aliphatic heterocycles. The Morgan fingerprint density at radius 1 is 0.933 bits per heavy atom. The van der Waals surface area contributed by atoms with E-state index in [0.29, 0.717) is 12.1 Å². The molecule has 0 radical (unpaired) electrons. The minimum atomic E-state index is -0.454. The van der Waals surface area contributed by atoms with Gasteiger partial charge in [0.15, 0.2) is 0 Å². The summed E-state index contributed by atoms with van der Waals surface area (Å²) in [6.07, 6.45) is 3.88. The standard InChI is InChI=1S/C25H33N3O2/c1-3-28(4-2)19-18-26-23(29)20-12-14-22(15-13-20)27-24(30)25(16-8-9-17-25)21-10-6-5-7-11-21/h5-7,10-15H,3-4,8-9,16-19H2,1-2H3,(H,26,29)(H,27,30)/p+1. The fourth-order valence-electron chi connectivity index (χ4n) is 4.40. The quantitative estimate of drug-likeness (QED) is 0.597. The molecule has 0 bridgehead atoms. The van der Waals surface area contributed by atoms with Crippen LogP contribution in [-0.2, 0) is 10.2 Å². The number of carbonyl (C=O) groups is 2. The van der Waals surface area contributed by atoms with E-state index in [1.165, 1.54) is 4.90 Å². The molecule has 0 spiro atoms. The number of benzene rings is 2. The van der Waals surface area contributed by atoms with Crippen molar-refractivity contribution in [2.45, 2.75) is 44.9 Å². The Bertz CT molecular complexity index is 823. The van der Waals surface area contributed by atoms with Crippen LogP contribution in [0.4, 0.5) is 5.69 Å². The molecule has 0 heterocycles. The Morgan fingerprint density at radius 3 is 2.17 bits per heavy atom. The summed E-state index contributed by atoms with van der Waals surface area (Å²) in [6, 6.07) is 17.3. The topological polar surface area (TPSA) is 62.6 Å². The molecule has 0 saturated heterocycles. The number of hydrogen-bond acceptors (Lipinski definition) is 2. The van der Waals surface area contributed by atoms with E-state index < -0.39 is 5.41 Å². The fraction of sp³-hybridized carbons (Fsp3) is 0.440. The Kier molecular flexibility index (Phi) is 7.63. The molecule has 2 aromatic carbocycles. The molecule has 160 valence electrons. The monoisotopic (exact) mass is 408 g/mol. The lowest BCUT2D eigenvalue weighted by atomic mass is 9.78. The Hall–Kier alpha value is -2.66. The van der Waals surface area contributed by atoms with Crippen LogP contribution in [0.25, 0.3) is 0 Å². The highest BCUT2D eigenvalue weighted by Crippen LogP contribution is 2.42. The number of hydrogen-bond donors (Lipinski definition) is 3. The molecule has 3 N–H and O–H groups in total. The van der Waals surface area contributed by atoms with E-state index in [1.807, 2.05) is 30.3 Å². The molecule has 3 rings (SSSR count). The van der Waals surface area contributed by atoms with Crippen molar-refractivity contribution in [1.82, 2.24) is 5.32 Å². The Morgan fingerprint density at radius 2 is 1.57 bits per heavy atom. The lowest BCUT2D eigenvalue weighted by Gasteiger charge is -2.28. The maximum atomic E-state index is 13.2. The van der Waals surface area contributed by atoms with E-state index in [-0.39, 0.29) is 11.8 Å². The minimum absolute atomic E-state index is 0.0469. The van der Waals surface area contributed by atoms with E-state index in [1.54, 1.807) is 12.1 Å².